The first kappa shape index (κ1) is 24.9. The van der Waals surface area contributed by atoms with E-state index < -0.39 is 11.9 Å². The molecular weight excluding hydrogens is 504 g/mol. The monoisotopic (exact) mass is 524 g/mol. The van der Waals surface area contributed by atoms with E-state index in [2.05, 4.69) is 15.0 Å². The van der Waals surface area contributed by atoms with Gasteiger partial charge in [0.05, 0.1) is 34.6 Å². The summed E-state index contributed by atoms with van der Waals surface area (Å²) in [4.78, 5) is 38.2. The highest BCUT2D eigenvalue weighted by Gasteiger charge is 2.22. The fourth-order valence-corrected chi connectivity index (χ4v) is 4.23. The Morgan fingerprint density at radius 3 is 2.34 bits per heavy atom. The lowest BCUT2D eigenvalue weighted by atomic mass is 10.0. The number of anilines is 1. The van der Waals surface area contributed by atoms with Crippen LogP contribution in [0.1, 0.15) is 26.4 Å². The van der Waals surface area contributed by atoms with Gasteiger partial charge < -0.3 is 15.2 Å². The van der Waals surface area contributed by atoms with Crippen molar-refractivity contribution in [2.75, 3.05) is 12.8 Å². The summed E-state index contributed by atoms with van der Waals surface area (Å²) in [5, 5.41) is 1.25. The van der Waals surface area contributed by atoms with Crippen molar-refractivity contribution in [3.8, 4) is 22.5 Å². The zero-order valence-corrected chi connectivity index (χ0v) is 21.0. The fourth-order valence-electron chi connectivity index (χ4n) is 3.95. The zero-order chi connectivity index (χ0) is 26.6. The number of nitrogens with two attached hydrogens (primary N) is 1. The highest BCUT2D eigenvalue weighted by Crippen LogP contribution is 2.35. The molecule has 0 atom stereocenters. The van der Waals surface area contributed by atoms with E-state index in [0.29, 0.717) is 38.6 Å². The average molecular weight is 525 g/mol. The Bertz CT molecular complexity index is 1660. The molecule has 38 heavy (non-hydrogen) atoms. The van der Waals surface area contributed by atoms with Crippen LogP contribution in [0.3, 0.4) is 0 Å². The van der Waals surface area contributed by atoms with Gasteiger partial charge in [-0.2, -0.15) is 0 Å². The van der Waals surface area contributed by atoms with Crippen LogP contribution in [0.4, 0.5) is 5.82 Å². The van der Waals surface area contributed by atoms with Crippen LogP contribution in [0.15, 0.2) is 85.1 Å². The summed E-state index contributed by atoms with van der Waals surface area (Å²) in [5.74, 6) is -1.25. The molecule has 0 aliphatic heterocycles. The molecule has 5 aromatic rings. The number of ether oxygens (including phenoxy) is 2. The molecule has 0 saturated heterocycles. The topological polar surface area (TPSA) is 117 Å². The predicted molar refractivity (Wildman–Crippen MR) is 145 cm³/mol. The highest BCUT2D eigenvalue weighted by molar-refractivity contribution is 6.35. The summed E-state index contributed by atoms with van der Waals surface area (Å²) in [6.45, 7) is -0.0509. The van der Waals surface area contributed by atoms with Gasteiger partial charge in [-0.05, 0) is 35.9 Å². The van der Waals surface area contributed by atoms with E-state index >= 15 is 0 Å². The van der Waals surface area contributed by atoms with Crippen molar-refractivity contribution in [2.24, 2.45) is 0 Å². The number of aromatic nitrogens is 3. The molecule has 9 heteroatoms. The third-order valence-electron chi connectivity index (χ3n) is 5.84. The molecule has 0 spiro atoms. The molecular formula is C29H21ClN4O4. The lowest BCUT2D eigenvalue weighted by Crippen LogP contribution is -2.14. The van der Waals surface area contributed by atoms with E-state index in [0.717, 1.165) is 10.9 Å². The third-order valence-corrected chi connectivity index (χ3v) is 6.13. The number of halogens is 1. The molecule has 0 aliphatic rings. The molecule has 0 radical (unpaired) electrons. The average Bonchev–Trinajstić information content (AvgIpc) is 2.96. The number of rotatable bonds is 6. The van der Waals surface area contributed by atoms with Crippen molar-refractivity contribution in [1.82, 2.24) is 15.0 Å². The first-order chi connectivity index (χ1) is 18.4. The number of hydrogen-bond acceptors (Lipinski definition) is 8. The number of benzene rings is 3. The summed E-state index contributed by atoms with van der Waals surface area (Å²) in [5.41, 5.74) is 10.1. The van der Waals surface area contributed by atoms with E-state index in [9.17, 15) is 9.59 Å². The van der Waals surface area contributed by atoms with Gasteiger partial charge in [0.2, 0.25) is 0 Å². The molecule has 0 bridgehead atoms. The van der Waals surface area contributed by atoms with Crippen molar-refractivity contribution in [3.05, 3.63) is 107 Å². The number of carbonyl (C=O) groups excluding carboxylic acids is 2. The number of hydrogen-bond donors (Lipinski definition) is 1. The van der Waals surface area contributed by atoms with Crippen LogP contribution in [0.25, 0.3) is 33.4 Å². The molecule has 0 saturated carbocycles. The lowest BCUT2D eigenvalue weighted by molar-refractivity contribution is 0.0465. The number of methoxy groups -OCH3 is 1. The largest absolute Gasteiger partial charge is 0.465 e. The molecule has 0 unspecified atom stereocenters. The number of nitrogens with zero attached hydrogens (tertiary/aromatic N) is 3. The molecule has 0 amide bonds. The predicted octanol–water partition coefficient (Wildman–Crippen LogP) is 5.74. The van der Waals surface area contributed by atoms with E-state index in [1.54, 1.807) is 36.5 Å². The Labute approximate surface area is 223 Å². The SMILES string of the molecule is COC(=O)c1ccc(COC(=O)c2nc(-c3cc(Cl)c4ncccc4c3)c(-c3ccccc3)nc2N)cc1. The second kappa shape index (κ2) is 10.7. The quantitative estimate of drug-likeness (QED) is 0.279. The second-order valence-corrected chi connectivity index (χ2v) is 8.73. The van der Waals surface area contributed by atoms with E-state index in [1.807, 2.05) is 48.5 Å². The Morgan fingerprint density at radius 2 is 1.61 bits per heavy atom. The first-order valence-corrected chi connectivity index (χ1v) is 11.9. The van der Waals surface area contributed by atoms with Crippen LogP contribution in [-0.4, -0.2) is 34.0 Å². The molecule has 3 aromatic carbocycles. The van der Waals surface area contributed by atoms with Crippen molar-refractivity contribution >= 4 is 40.3 Å². The molecule has 5 rings (SSSR count). The van der Waals surface area contributed by atoms with Crippen molar-refractivity contribution in [1.29, 1.82) is 0 Å². The number of esters is 2. The Kier molecular flexibility index (Phi) is 6.97. The minimum Gasteiger partial charge on any atom is -0.465 e. The lowest BCUT2D eigenvalue weighted by Gasteiger charge is -2.14. The van der Waals surface area contributed by atoms with Crippen molar-refractivity contribution in [2.45, 2.75) is 6.61 Å². The summed E-state index contributed by atoms with van der Waals surface area (Å²) in [6.07, 6.45) is 1.67. The van der Waals surface area contributed by atoms with Gasteiger partial charge in [0.1, 0.15) is 6.61 Å². The summed E-state index contributed by atoms with van der Waals surface area (Å²) in [6, 6.07) is 23.3. The van der Waals surface area contributed by atoms with Gasteiger partial charge in [-0.25, -0.2) is 19.6 Å². The third kappa shape index (κ3) is 5.02. The summed E-state index contributed by atoms with van der Waals surface area (Å²) >= 11 is 6.55. The first-order valence-electron chi connectivity index (χ1n) is 11.6. The van der Waals surface area contributed by atoms with Crippen LogP contribution in [0.2, 0.25) is 5.02 Å². The maximum Gasteiger partial charge on any atom is 0.361 e. The van der Waals surface area contributed by atoms with Crippen molar-refractivity contribution < 1.29 is 19.1 Å². The van der Waals surface area contributed by atoms with E-state index in [1.165, 1.54) is 7.11 Å². The molecule has 2 N–H and O–H groups in total. The Morgan fingerprint density at radius 1 is 0.868 bits per heavy atom. The second-order valence-electron chi connectivity index (χ2n) is 8.32. The van der Waals surface area contributed by atoms with Gasteiger partial charge in [0, 0.05) is 22.7 Å². The smallest absolute Gasteiger partial charge is 0.361 e. The Balaban J connectivity index is 1.52. The number of pyridine rings is 1. The minimum atomic E-state index is -0.735. The van der Waals surface area contributed by atoms with Crippen molar-refractivity contribution in [3.63, 3.8) is 0 Å². The van der Waals surface area contributed by atoms with Crippen LogP contribution >= 0.6 is 11.6 Å². The molecule has 0 fully saturated rings. The van der Waals surface area contributed by atoms with Gasteiger partial charge in [0.25, 0.3) is 0 Å². The van der Waals surface area contributed by atoms with E-state index in [4.69, 9.17) is 26.8 Å². The molecule has 8 nitrogen and oxygen atoms in total. The van der Waals surface area contributed by atoms with Crippen LogP contribution in [0, 0.1) is 0 Å². The standard InChI is InChI=1S/C29H21ClN4O4/c1-37-28(35)19-11-9-17(10-12-19)16-38-29(36)26-27(31)34-24(18-6-3-2-4-7-18)25(33-26)21-14-20-8-5-13-32-23(20)22(30)15-21/h2-15H,16H2,1H3,(H2,31,34). The van der Waals surface area contributed by atoms with Gasteiger partial charge >= 0.3 is 11.9 Å². The minimum absolute atomic E-state index is 0.0509. The van der Waals surface area contributed by atoms with Crippen LogP contribution in [-0.2, 0) is 16.1 Å². The molecule has 2 heterocycles. The maximum atomic E-state index is 13.1. The summed E-state index contributed by atoms with van der Waals surface area (Å²) < 4.78 is 10.2. The fraction of sp³-hybridized carbons (Fsp3) is 0.0690. The molecule has 0 aliphatic carbocycles. The molecule has 188 valence electrons. The highest BCUT2D eigenvalue weighted by atomic mass is 35.5. The van der Waals surface area contributed by atoms with Gasteiger partial charge in [-0.3, -0.25) is 4.98 Å². The number of nitrogen functional groups attached to an aromatic ring is 1. The Hall–Kier alpha value is -4.82. The summed E-state index contributed by atoms with van der Waals surface area (Å²) in [7, 11) is 1.31. The maximum absolute atomic E-state index is 13.1. The van der Waals surface area contributed by atoms with E-state index in [-0.39, 0.29) is 18.1 Å². The number of fused-ring (bicyclic) bond motifs is 1. The zero-order valence-electron chi connectivity index (χ0n) is 20.2. The number of carbonyl (C=O) groups is 2. The van der Waals surface area contributed by atoms with Gasteiger partial charge in [0.15, 0.2) is 11.5 Å². The van der Waals surface area contributed by atoms with Gasteiger partial charge in [-0.15, -0.1) is 0 Å². The normalized spacial score (nSPS) is 10.8. The van der Waals surface area contributed by atoms with Crippen LogP contribution < -0.4 is 5.73 Å². The van der Waals surface area contributed by atoms with Gasteiger partial charge in [-0.1, -0.05) is 60.1 Å². The van der Waals surface area contributed by atoms with Crippen LogP contribution in [0.5, 0.6) is 0 Å². The molecule has 2 aromatic heterocycles.